The van der Waals surface area contributed by atoms with Crippen LogP contribution in [0.15, 0.2) is 12.5 Å². The molecule has 9 heteroatoms. The second-order valence-electron chi connectivity index (χ2n) is 13.7. The van der Waals surface area contributed by atoms with E-state index in [-0.39, 0.29) is 11.4 Å². The first-order chi connectivity index (χ1) is 19.0. The van der Waals surface area contributed by atoms with Crippen LogP contribution in [0.5, 0.6) is 0 Å². The van der Waals surface area contributed by atoms with Gasteiger partial charge < -0.3 is 15.4 Å². The molecule has 0 spiro atoms. The molecule has 1 saturated heterocycles. The van der Waals surface area contributed by atoms with E-state index in [1.165, 1.54) is 55.0 Å². The van der Waals surface area contributed by atoms with Gasteiger partial charge in [-0.05, 0) is 92.9 Å². The van der Waals surface area contributed by atoms with Crippen LogP contribution in [0.2, 0.25) is 0 Å². The summed E-state index contributed by atoms with van der Waals surface area (Å²) in [5.41, 5.74) is 8.00. The Morgan fingerprint density at radius 2 is 1.98 bits per heavy atom. The van der Waals surface area contributed by atoms with Crippen LogP contribution in [-0.4, -0.2) is 65.8 Å². The smallest absolute Gasteiger partial charge is 0.234 e. The van der Waals surface area contributed by atoms with Crippen LogP contribution < -0.4 is 5.32 Å². The quantitative estimate of drug-likeness (QED) is 0.311. The minimum absolute atomic E-state index is 0.104. The summed E-state index contributed by atoms with van der Waals surface area (Å²) in [6.07, 6.45) is 8.28. The molecule has 3 atom stereocenters. The lowest BCUT2D eigenvalue weighted by Gasteiger charge is -2.67. The highest BCUT2D eigenvalue weighted by atomic mass is 32.1. The minimum atomic E-state index is -0.477. The number of piperidine rings is 1. The number of nitrogens with zero attached hydrogens (tertiary/aromatic N) is 4. The van der Waals surface area contributed by atoms with Crippen molar-refractivity contribution in [2.45, 2.75) is 95.7 Å². The Morgan fingerprint density at radius 3 is 2.65 bits per heavy atom. The normalized spacial score (nSPS) is 30.9. The van der Waals surface area contributed by atoms with Crippen LogP contribution in [0.1, 0.15) is 84.9 Å². The molecule has 3 N–H and O–H groups in total. The van der Waals surface area contributed by atoms with Crippen molar-refractivity contribution in [2.24, 2.45) is 5.92 Å². The molecule has 4 bridgehead atoms. The van der Waals surface area contributed by atoms with Crippen LogP contribution >= 0.6 is 11.3 Å². The molecule has 0 aromatic carbocycles. The predicted octanol–water partition coefficient (Wildman–Crippen LogP) is 4.95. The van der Waals surface area contributed by atoms with E-state index in [0.717, 1.165) is 37.9 Å². The van der Waals surface area contributed by atoms with Crippen molar-refractivity contribution in [2.75, 3.05) is 13.1 Å². The zero-order valence-electron chi connectivity index (χ0n) is 24.0. The molecule has 40 heavy (non-hydrogen) atoms. The monoisotopic (exact) mass is 558 g/mol. The summed E-state index contributed by atoms with van der Waals surface area (Å²) in [4.78, 5) is 26.3. The van der Waals surface area contributed by atoms with Gasteiger partial charge in [-0.25, -0.2) is 9.50 Å². The van der Waals surface area contributed by atoms with Crippen molar-refractivity contribution in [3.05, 3.63) is 39.7 Å². The number of aryl methyl sites for hydroxylation is 2. The van der Waals surface area contributed by atoms with Gasteiger partial charge in [0, 0.05) is 40.1 Å². The average Bonchev–Trinajstić information content (AvgIpc) is 3.66. The summed E-state index contributed by atoms with van der Waals surface area (Å²) in [6.45, 7) is 12.7. The summed E-state index contributed by atoms with van der Waals surface area (Å²) in [5, 5.41) is 19.1. The molecule has 5 aliphatic rings. The number of hydrogen-bond donors (Lipinski definition) is 3. The molecule has 4 aromatic heterocycles. The topological polar surface area (TPSA) is 98.5 Å². The highest BCUT2D eigenvalue weighted by Gasteiger charge is 2.68. The van der Waals surface area contributed by atoms with E-state index in [4.69, 9.17) is 0 Å². The fourth-order valence-electron chi connectivity index (χ4n) is 8.79. The van der Waals surface area contributed by atoms with Crippen LogP contribution in [0, 0.1) is 26.7 Å². The van der Waals surface area contributed by atoms with Gasteiger partial charge in [0.1, 0.15) is 11.2 Å². The number of aromatic nitrogens is 4. The molecule has 4 saturated carbocycles. The van der Waals surface area contributed by atoms with Gasteiger partial charge in [-0.1, -0.05) is 13.8 Å². The zero-order chi connectivity index (χ0) is 27.7. The number of fused-ring (bicyclic) bond motifs is 4. The standard InChI is InChI=1S/C31H38N6O2S/c1-15(2)24-25-18(5)27(40-29(25)34-26(24)22-9-37-28(32-14-33-37)17(4)16(22)3)21-7-20-6-19(21)8-36(20)10-23(38)35-30-11-31(39,12-30)13-30/h9,14-15,19-21,34,39H,6-8,10-13H2,1-5H3,(H,35,38)/t19-,20?,21+,30?,31?/m0/s1. The van der Waals surface area contributed by atoms with E-state index >= 15 is 0 Å². The van der Waals surface area contributed by atoms with Gasteiger partial charge in [0.25, 0.3) is 0 Å². The molecular weight excluding hydrogens is 520 g/mol. The third kappa shape index (κ3) is 3.40. The molecule has 1 amide bonds. The summed E-state index contributed by atoms with van der Waals surface area (Å²) in [5.74, 6) is 1.69. The van der Waals surface area contributed by atoms with Gasteiger partial charge in [0.15, 0.2) is 5.65 Å². The Labute approximate surface area is 238 Å². The molecule has 4 aromatic rings. The molecule has 4 aliphatic carbocycles. The van der Waals surface area contributed by atoms with E-state index in [9.17, 15) is 9.90 Å². The SMILES string of the molecule is Cc1c(-c2[nH]c3sc([C@@H]4CC5C[C@H]4CN5CC(=O)NC45CC(O)(C4)C5)c(C)c3c2C(C)C)cn2ncnc2c1C. The van der Waals surface area contributed by atoms with E-state index in [1.807, 2.05) is 15.9 Å². The number of amides is 1. The number of aliphatic hydroxyl groups is 1. The first-order valence-corrected chi connectivity index (χ1v) is 15.6. The Balaban J connectivity index is 1.06. The molecule has 5 fully saturated rings. The summed E-state index contributed by atoms with van der Waals surface area (Å²) in [6, 6.07) is 0.484. The minimum Gasteiger partial charge on any atom is -0.390 e. The van der Waals surface area contributed by atoms with Crippen LogP contribution in [-0.2, 0) is 4.79 Å². The zero-order valence-corrected chi connectivity index (χ0v) is 24.8. The summed E-state index contributed by atoms with van der Waals surface area (Å²) < 4.78 is 1.90. The van der Waals surface area contributed by atoms with E-state index in [0.29, 0.717) is 30.3 Å². The molecule has 9 rings (SSSR count). The molecule has 5 heterocycles. The maximum Gasteiger partial charge on any atom is 0.234 e. The van der Waals surface area contributed by atoms with Gasteiger partial charge in [0.05, 0.1) is 17.8 Å². The lowest BCUT2D eigenvalue weighted by Crippen LogP contribution is -2.79. The van der Waals surface area contributed by atoms with E-state index in [1.54, 1.807) is 6.33 Å². The predicted molar refractivity (Wildman–Crippen MR) is 157 cm³/mol. The highest BCUT2D eigenvalue weighted by Crippen LogP contribution is 2.60. The summed E-state index contributed by atoms with van der Waals surface area (Å²) in [7, 11) is 0. The van der Waals surface area contributed by atoms with Gasteiger partial charge in [-0.3, -0.25) is 9.69 Å². The Morgan fingerprint density at radius 1 is 1.20 bits per heavy atom. The fourth-order valence-corrected chi connectivity index (χ4v) is 10.2. The maximum atomic E-state index is 12.8. The number of thiophene rings is 1. The largest absolute Gasteiger partial charge is 0.390 e. The fraction of sp³-hybridized carbons (Fsp3) is 0.581. The third-order valence-corrected chi connectivity index (χ3v) is 12.0. The Hall–Kier alpha value is -2.75. The van der Waals surface area contributed by atoms with Crippen LogP contribution in [0.25, 0.3) is 27.1 Å². The second kappa shape index (κ2) is 8.17. The lowest BCUT2D eigenvalue weighted by molar-refractivity contribution is -0.220. The van der Waals surface area contributed by atoms with Crippen molar-refractivity contribution in [3.8, 4) is 11.3 Å². The maximum absolute atomic E-state index is 12.8. The Kier molecular flexibility index (Phi) is 5.11. The van der Waals surface area contributed by atoms with Gasteiger partial charge in [-0.15, -0.1) is 11.3 Å². The number of nitrogens with one attached hydrogen (secondary N) is 2. The van der Waals surface area contributed by atoms with Crippen LogP contribution in [0.4, 0.5) is 0 Å². The van der Waals surface area contributed by atoms with E-state index in [2.05, 4.69) is 66.1 Å². The number of hydrogen-bond acceptors (Lipinski definition) is 6. The average molecular weight is 559 g/mol. The number of aromatic amines is 1. The molecule has 1 unspecified atom stereocenters. The molecule has 210 valence electrons. The molecular formula is C31H38N6O2S. The molecule has 1 aliphatic heterocycles. The van der Waals surface area contributed by atoms with Crippen molar-refractivity contribution >= 4 is 33.1 Å². The van der Waals surface area contributed by atoms with Gasteiger partial charge in [0.2, 0.25) is 5.91 Å². The number of pyridine rings is 1. The van der Waals surface area contributed by atoms with Crippen molar-refractivity contribution < 1.29 is 9.90 Å². The summed E-state index contributed by atoms with van der Waals surface area (Å²) >= 11 is 1.95. The van der Waals surface area contributed by atoms with Crippen molar-refractivity contribution in [1.29, 1.82) is 0 Å². The third-order valence-electron chi connectivity index (χ3n) is 10.7. The van der Waals surface area contributed by atoms with Gasteiger partial charge in [-0.2, -0.15) is 5.10 Å². The Bertz CT molecular complexity index is 1690. The number of H-pyrrole nitrogens is 1. The van der Waals surface area contributed by atoms with Gasteiger partial charge >= 0.3 is 0 Å². The molecule has 8 nitrogen and oxygen atoms in total. The van der Waals surface area contributed by atoms with Crippen molar-refractivity contribution in [3.63, 3.8) is 0 Å². The first kappa shape index (κ1) is 25.0. The van der Waals surface area contributed by atoms with Crippen molar-refractivity contribution in [1.82, 2.24) is 29.8 Å². The highest BCUT2D eigenvalue weighted by molar-refractivity contribution is 7.19. The number of rotatable bonds is 6. The second-order valence-corrected chi connectivity index (χ2v) is 14.7. The number of carbonyl (C=O) groups excluding carboxylic acids is 1. The number of likely N-dealkylation sites (tertiary alicyclic amines) is 1. The van der Waals surface area contributed by atoms with Crippen LogP contribution in [0.3, 0.4) is 0 Å². The first-order valence-electron chi connectivity index (χ1n) is 14.8. The molecule has 0 radical (unpaired) electrons. The number of carbonyl (C=O) groups is 1. The lowest BCUT2D eigenvalue weighted by atomic mass is 9.46. The van der Waals surface area contributed by atoms with E-state index < -0.39 is 5.60 Å².